The minimum Gasteiger partial charge on any atom is -0.411 e. The van der Waals surface area contributed by atoms with Gasteiger partial charge in [-0.25, -0.2) is 0 Å². The highest BCUT2D eigenvalue weighted by molar-refractivity contribution is 8.00. The van der Waals surface area contributed by atoms with Gasteiger partial charge in [0.25, 0.3) is 5.22 Å². The Morgan fingerprint density at radius 1 is 1.07 bits per heavy atom. The number of amides is 1. The van der Waals surface area contributed by atoms with Crippen molar-refractivity contribution < 1.29 is 9.21 Å². The van der Waals surface area contributed by atoms with Gasteiger partial charge in [0.15, 0.2) is 0 Å². The van der Waals surface area contributed by atoms with E-state index in [1.807, 2.05) is 51.1 Å². The molecule has 1 N–H and O–H groups in total. The van der Waals surface area contributed by atoms with Crippen molar-refractivity contribution in [2.24, 2.45) is 0 Å². The van der Waals surface area contributed by atoms with Crippen molar-refractivity contribution >= 4 is 23.4 Å². The van der Waals surface area contributed by atoms with Crippen LogP contribution in [0.2, 0.25) is 0 Å². The summed E-state index contributed by atoms with van der Waals surface area (Å²) in [5.41, 5.74) is 5.22. The zero-order chi connectivity index (χ0) is 21.2. The SMILES string of the molecule is Cc1ccc(NC(=O)[C@H](C)Sc2nnc(-c3ccc(C(C)(C)C)cc3)o2)c(C)c1. The molecule has 29 heavy (non-hydrogen) atoms. The fourth-order valence-electron chi connectivity index (χ4n) is 2.88. The van der Waals surface area contributed by atoms with Crippen molar-refractivity contribution in [3.63, 3.8) is 0 Å². The number of nitrogens with one attached hydrogen (secondary N) is 1. The van der Waals surface area contributed by atoms with Crippen LogP contribution < -0.4 is 5.32 Å². The molecule has 2 aromatic carbocycles. The first-order chi connectivity index (χ1) is 13.6. The van der Waals surface area contributed by atoms with E-state index in [9.17, 15) is 4.79 Å². The van der Waals surface area contributed by atoms with E-state index < -0.39 is 0 Å². The lowest BCUT2D eigenvalue weighted by atomic mass is 9.87. The summed E-state index contributed by atoms with van der Waals surface area (Å²) < 4.78 is 5.77. The van der Waals surface area contributed by atoms with E-state index in [4.69, 9.17) is 4.42 Å². The summed E-state index contributed by atoms with van der Waals surface area (Å²) in [6, 6.07) is 14.1. The van der Waals surface area contributed by atoms with Crippen molar-refractivity contribution in [2.75, 3.05) is 5.32 Å². The number of thioether (sulfide) groups is 1. The monoisotopic (exact) mass is 409 g/mol. The number of hydrogen-bond acceptors (Lipinski definition) is 5. The molecule has 1 amide bonds. The predicted molar refractivity (Wildman–Crippen MR) is 118 cm³/mol. The van der Waals surface area contributed by atoms with Crippen LogP contribution in [-0.4, -0.2) is 21.4 Å². The van der Waals surface area contributed by atoms with Gasteiger partial charge in [0, 0.05) is 11.3 Å². The standard InChI is InChI=1S/C23H27N3O2S/c1-14-7-12-19(15(2)13-14)24-20(27)16(3)29-22-26-25-21(28-22)17-8-10-18(11-9-17)23(4,5)6/h7-13,16H,1-6H3,(H,24,27)/t16-/m0/s1. The Labute approximate surface area is 176 Å². The Hall–Kier alpha value is -2.60. The Bertz CT molecular complexity index is 1000. The van der Waals surface area contributed by atoms with E-state index in [1.54, 1.807) is 0 Å². The number of carbonyl (C=O) groups excluding carboxylic acids is 1. The average molecular weight is 410 g/mol. The van der Waals surface area contributed by atoms with Crippen LogP contribution in [0.3, 0.4) is 0 Å². The van der Waals surface area contributed by atoms with Crippen molar-refractivity contribution in [3.8, 4) is 11.5 Å². The molecule has 0 aliphatic rings. The summed E-state index contributed by atoms with van der Waals surface area (Å²) in [7, 11) is 0. The fourth-order valence-corrected chi connectivity index (χ4v) is 3.56. The second-order valence-corrected chi connectivity index (χ2v) is 9.56. The molecule has 0 aliphatic heterocycles. The molecule has 0 bridgehead atoms. The molecular weight excluding hydrogens is 382 g/mol. The van der Waals surface area contributed by atoms with Gasteiger partial charge in [-0.2, -0.15) is 0 Å². The number of hydrogen-bond donors (Lipinski definition) is 1. The second kappa shape index (κ2) is 8.41. The maximum absolute atomic E-state index is 12.5. The molecule has 152 valence electrons. The van der Waals surface area contributed by atoms with Gasteiger partial charge in [0.1, 0.15) is 0 Å². The lowest BCUT2D eigenvalue weighted by Crippen LogP contribution is -2.22. The first kappa shape index (κ1) is 21.1. The molecule has 3 aromatic rings. The number of aromatic nitrogens is 2. The van der Waals surface area contributed by atoms with Crippen molar-refractivity contribution in [2.45, 2.75) is 57.4 Å². The molecule has 1 atom stereocenters. The summed E-state index contributed by atoms with van der Waals surface area (Å²) in [6.45, 7) is 12.4. The predicted octanol–water partition coefficient (Wildman–Crippen LogP) is 5.77. The summed E-state index contributed by atoms with van der Waals surface area (Å²) in [5.74, 6) is 0.353. The highest BCUT2D eigenvalue weighted by Gasteiger charge is 2.20. The van der Waals surface area contributed by atoms with Crippen LogP contribution >= 0.6 is 11.8 Å². The normalized spacial score (nSPS) is 12.6. The topological polar surface area (TPSA) is 68.0 Å². The van der Waals surface area contributed by atoms with E-state index in [0.717, 1.165) is 22.4 Å². The quantitative estimate of drug-likeness (QED) is 0.542. The number of anilines is 1. The van der Waals surface area contributed by atoms with Crippen LogP contribution in [-0.2, 0) is 10.2 Å². The molecule has 0 unspecified atom stereocenters. The third-order valence-corrected chi connectivity index (χ3v) is 5.63. The Kier molecular flexibility index (Phi) is 6.13. The smallest absolute Gasteiger partial charge is 0.277 e. The molecule has 0 fully saturated rings. The Balaban J connectivity index is 1.65. The van der Waals surface area contributed by atoms with Crippen molar-refractivity contribution in [1.29, 1.82) is 0 Å². The summed E-state index contributed by atoms with van der Waals surface area (Å²) in [4.78, 5) is 12.5. The molecule has 0 spiro atoms. The van der Waals surface area contributed by atoms with E-state index in [1.165, 1.54) is 17.3 Å². The van der Waals surface area contributed by atoms with Gasteiger partial charge in [-0.3, -0.25) is 4.79 Å². The fraction of sp³-hybridized carbons (Fsp3) is 0.348. The second-order valence-electron chi connectivity index (χ2n) is 8.27. The molecule has 5 nitrogen and oxygen atoms in total. The van der Waals surface area contributed by atoms with E-state index in [0.29, 0.717) is 11.1 Å². The molecule has 0 aliphatic carbocycles. The molecule has 1 heterocycles. The van der Waals surface area contributed by atoms with Crippen LogP contribution in [0.1, 0.15) is 44.4 Å². The number of aryl methyl sites for hydroxylation is 2. The Morgan fingerprint density at radius 2 is 1.76 bits per heavy atom. The molecule has 0 radical (unpaired) electrons. The van der Waals surface area contributed by atoms with E-state index in [2.05, 4.69) is 48.4 Å². The zero-order valence-corrected chi connectivity index (χ0v) is 18.6. The highest BCUT2D eigenvalue weighted by Crippen LogP contribution is 2.29. The van der Waals surface area contributed by atoms with Crippen LogP contribution in [0, 0.1) is 13.8 Å². The van der Waals surface area contributed by atoms with E-state index in [-0.39, 0.29) is 16.6 Å². The van der Waals surface area contributed by atoms with Gasteiger partial charge in [0.05, 0.1) is 5.25 Å². The van der Waals surface area contributed by atoms with Gasteiger partial charge >= 0.3 is 0 Å². The number of benzene rings is 2. The van der Waals surface area contributed by atoms with E-state index >= 15 is 0 Å². The van der Waals surface area contributed by atoms with Gasteiger partial charge in [-0.05, 0) is 55.5 Å². The first-order valence-corrected chi connectivity index (χ1v) is 10.5. The van der Waals surface area contributed by atoms with Crippen molar-refractivity contribution in [3.05, 3.63) is 59.2 Å². The number of carbonyl (C=O) groups is 1. The molecule has 3 rings (SSSR count). The number of rotatable bonds is 5. The maximum atomic E-state index is 12.5. The first-order valence-electron chi connectivity index (χ1n) is 9.62. The highest BCUT2D eigenvalue weighted by atomic mass is 32.2. The van der Waals surface area contributed by atoms with Crippen LogP contribution in [0.15, 0.2) is 52.1 Å². The molecule has 1 aromatic heterocycles. The van der Waals surface area contributed by atoms with Crippen LogP contribution in [0.25, 0.3) is 11.5 Å². The third-order valence-electron chi connectivity index (χ3n) is 4.69. The summed E-state index contributed by atoms with van der Waals surface area (Å²) in [5, 5.41) is 11.2. The van der Waals surface area contributed by atoms with Crippen LogP contribution in [0.5, 0.6) is 0 Å². The minimum atomic E-state index is -0.368. The molecule has 6 heteroatoms. The minimum absolute atomic E-state index is 0.0903. The van der Waals surface area contributed by atoms with Crippen LogP contribution in [0.4, 0.5) is 5.69 Å². The largest absolute Gasteiger partial charge is 0.411 e. The lowest BCUT2D eigenvalue weighted by molar-refractivity contribution is -0.115. The third kappa shape index (κ3) is 5.26. The summed E-state index contributed by atoms with van der Waals surface area (Å²) in [6.07, 6.45) is 0. The molecule has 0 saturated carbocycles. The Morgan fingerprint density at radius 3 is 2.38 bits per heavy atom. The zero-order valence-electron chi connectivity index (χ0n) is 17.7. The molecular formula is C23H27N3O2S. The van der Waals surface area contributed by atoms with Gasteiger partial charge < -0.3 is 9.73 Å². The van der Waals surface area contributed by atoms with Gasteiger partial charge in [0.2, 0.25) is 11.8 Å². The maximum Gasteiger partial charge on any atom is 0.277 e. The van der Waals surface area contributed by atoms with Gasteiger partial charge in [-0.1, -0.05) is 62.4 Å². The lowest BCUT2D eigenvalue weighted by Gasteiger charge is -2.18. The number of nitrogens with zero attached hydrogens (tertiary/aromatic N) is 2. The van der Waals surface area contributed by atoms with Gasteiger partial charge in [-0.15, -0.1) is 10.2 Å². The summed E-state index contributed by atoms with van der Waals surface area (Å²) >= 11 is 1.25. The molecule has 0 saturated heterocycles. The van der Waals surface area contributed by atoms with Crippen molar-refractivity contribution in [1.82, 2.24) is 10.2 Å². The average Bonchev–Trinajstić information content (AvgIpc) is 3.12.